The third-order valence-corrected chi connectivity index (χ3v) is 0.586. The van der Waals surface area contributed by atoms with Crippen LogP contribution < -0.4 is 0 Å². The minimum absolute atomic E-state index is 0. The van der Waals surface area contributed by atoms with Crippen LogP contribution in [0.15, 0.2) is 18.2 Å². The van der Waals surface area contributed by atoms with E-state index < -0.39 is 0 Å². The molecule has 0 fully saturated rings. The molecule has 0 bridgehead atoms. The molecule has 0 aromatic carbocycles. The van der Waals surface area contributed by atoms with E-state index in [0.717, 1.165) is 6.42 Å². The van der Waals surface area contributed by atoms with Gasteiger partial charge >= 0.3 is 17.1 Å². The SMILES string of the molecule is [C-]1=CC=CC1.[Mn+2]. The monoisotopic (exact) mass is 120 g/mol. The summed E-state index contributed by atoms with van der Waals surface area (Å²) in [5, 5.41) is 0. The van der Waals surface area contributed by atoms with Crippen LogP contribution in [0.25, 0.3) is 0 Å². The molecule has 1 aliphatic rings. The van der Waals surface area contributed by atoms with Gasteiger partial charge in [-0.05, 0) is 0 Å². The molecule has 1 heteroatoms. The molecule has 0 aromatic rings. The fraction of sp³-hybridized carbons (Fsp3) is 0.200. The van der Waals surface area contributed by atoms with Crippen LogP contribution in [-0.4, -0.2) is 0 Å². The minimum atomic E-state index is 0. The number of hydrogen-bond donors (Lipinski definition) is 0. The zero-order valence-electron chi connectivity index (χ0n) is 3.32. The van der Waals surface area contributed by atoms with Crippen molar-refractivity contribution in [1.29, 1.82) is 0 Å². The predicted molar refractivity (Wildman–Crippen MR) is 21.6 cm³/mol. The van der Waals surface area contributed by atoms with Gasteiger partial charge in [0.2, 0.25) is 0 Å². The summed E-state index contributed by atoms with van der Waals surface area (Å²) in [6, 6.07) is 0. The topological polar surface area (TPSA) is 0 Å². The normalized spacial score (nSPS) is 14.7. The van der Waals surface area contributed by atoms with Gasteiger partial charge in [0.1, 0.15) is 0 Å². The first-order valence-electron chi connectivity index (χ1n) is 1.72. The summed E-state index contributed by atoms with van der Waals surface area (Å²) in [7, 11) is 0. The summed E-state index contributed by atoms with van der Waals surface area (Å²) < 4.78 is 0. The van der Waals surface area contributed by atoms with Crippen LogP contribution in [0.3, 0.4) is 0 Å². The van der Waals surface area contributed by atoms with Gasteiger partial charge in [0, 0.05) is 0 Å². The van der Waals surface area contributed by atoms with Gasteiger partial charge < -0.3 is 0 Å². The van der Waals surface area contributed by atoms with Crippen LogP contribution in [0.1, 0.15) is 6.42 Å². The molecule has 0 atom stereocenters. The Hall–Kier alpha value is -0.000519. The Balaban J connectivity index is 0.000000250. The van der Waals surface area contributed by atoms with Crippen molar-refractivity contribution in [3.63, 3.8) is 0 Å². The van der Waals surface area contributed by atoms with Crippen molar-refractivity contribution in [3.05, 3.63) is 24.3 Å². The second-order valence-corrected chi connectivity index (χ2v) is 1.00. The molecule has 0 saturated heterocycles. The zero-order valence-corrected chi connectivity index (χ0v) is 4.50. The second-order valence-electron chi connectivity index (χ2n) is 1.00. The van der Waals surface area contributed by atoms with Crippen LogP contribution in [0.4, 0.5) is 0 Å². The van der Waals surface area contributed by atoms with Gasteiger partial charge in [-0.25, -0.2) is 12.2 Å². The van der Waals surface area contributed by atoms with E-state index in [0.29, 0.717) is 0 Å². The summed E-state index contributed by atoms with van der Waals surface area (Å²) >= 11 is 0. The summed E-state index contributed by atoms with van der Waals surface area (Å²) in [6.07, 6.45) is 10.0. The Morgan fingerprint density at radius 3 is 2.50 bits per heavy atom. The molecule has 0 amide bonds. The molecule has 0 nitrogen and oxygen atoms in total. The van der Waals surface area contributed by atoms with E-state index in [2.05, 4.69) is 12.2 Å². The number of allylic oxidation sites excluding steroid dienone is 4. The van der Waals surface area contributed by atoms with Gasteiger partial charge in [0.15, 0.2) is 0 Å². The van der Waals surface area contributed by atoms with Crippen molar-refractivity contribution in [1.82, 2.24) is 0 Å². The molecule has 0 aliphatic heterocycles. The maximum atomic E-state index is 2.99. The Labute approximate surface area is 48.4 Å². The van der Waals surface area contributed by atoms with E-state index in [1.807, 2.05) is 12.2 Å². The molecular formula is C5H5Mn+. The average Bonchev–Trinajstić information content (AvgIpc) is 1.76. The quantitative estimate of drug-likeness (QED) is 0.334. The fourth-order valence-electron chi connectivity index (χ4n) is 0.340. The fourth-order valence-corrected chi connectivity index (χ4v) is 0.340. The maximum Gasteiger partial charge on any atom is 2.00 e. The van der Waals surface area contributed by atoms with Gasteiger partial charge in [-0.3, -0.25) is 6.08 Å². The Kier molecular flexibility index (Phi) is 3.20. The minimum Gasteiger partial charge on any atom is -0.273 e. The van der Waals surface area contributed by atoms with E-state index in [1.165, 1.54) is 0 Å². The molecule has 1 aliphatic carbocycles. The average molecular weight is 120 g/mol. The molecule has 6 heavy (non-hydrogen) atoms. The summed E-state index contributed by atoms with van der Waals surface area (Å²) in [4.78, 5) is 0. The van der Waals surface area contributed by atoms with Crippen LogP contribution >= 0.6 is 0 Å². The molecule has 1 radical (unpaired) electrons. The first-order chi connectivity index (χ1) is 2.50. The van der Waals surface area contributed by atoms with Crippen LogP contribution in [0, 0.1) is 6.08 Å². The molecule has 0 aromatic heterocycles. The van der Waals surface area contributed by atoms with Crippen LogP contribution in [0.2, 0.25) is 0 Å². The Bertz CT molecular complexity index is 62.0. The van der Waals surface area contributed by atoms with Crippen molar-refractivity contribution in [2.75, 3.05) is 0 Å². The van der Waals surface area contributed by atoms with Crippen LogP contribution in [0.5, 0.6) is 0 Å². The van der Waals surface area contributed by atoms with Gasteiger partial charge in [0.25, 0.3) is 0 Å². The van der Waals surface area contributed by atoms with Crippen molar-refractivity contribution < 1.29 is 17.1 Å². The zero-order chi connectivity index (χ0) is 3.54. The molecule has 1 rings (SSSR count). The van der Waals surface area contributed by atoms with Gasteiger partial charge in [-0.2, -0.15) is 6.08 Å². The van der Waals surface area contributed by atoms with Crippen molar-refractivity contribution in [2.45, 2.75) is 6.42 Å². The second kappa shape index (κ2) is 3.20. The van der Waals surface area contributed by atoms with E-state index in [1.54, 1.807) is 0 Å². The molecule has 0 saturated carbocycles. The van der Waals surface area contributed by atoms with E-state index in [-0.39, 0.29) is 17.1 Å². The smallest absolute Gasteiger partial charge is 0.273 e. The van der Waals surface area contributed by atoms with E-state index in [9.17, 15) is 0 Å². The van der Waals surface area contributed by atoms with Gasteiger partial charge in [0.05, 0.1) is 0 Å². The van der Waals surface area contributed by atoms with E-state index >= 15 is 0 Å². The molecule has 0 N–H and O–H groups in total. The Morgan fingerprint density at radius 1 is 1.50 bits per heavy atom. The summed E-state index contributed by atoms with van der Waals surface area (Å²) in [6.45, 7) is 0. The largest absolute Gasteiger partial charge is 2.00 e. The number of rotatable bonds is 0. The molecule has 31 valence electrons. The Morgan fingerprint density at radius 2 is 2.33 bits per heavy atom. The first-order valence-corrected chi connectivity index (χ1v) is 1.72. The third-order valence-electron chi connectivity index (χ3n) is 0.586. The predicted octanol–water partition coefficient (Wildman–Crippen LogP) is 1.30. The van der Waals surface area contributed by atoms with E-state index in [4.69, 9.17) is 0 Å². The van der Waals surface area contributed by atoms with Gasteiger partial charge in [-0.1, -0.05) is 0 Å². The van der Waals surface area contributed by atoms with Crippen molar-refractivity contribution >= 4 is 0 Å². The molecule has 0 spiro atoms. The molecular weight excluding hydrogens is 115 g/mol. The van der Waals surface area contributed by atoms with Gasteiger partial charge in [-0.15, -0.1) is 6.42 Å². The van der Waals surface area contributed by atoms with Crippen LogP contribution in [-0.2, 0) is 17.1 Å². The number of hydrogen-bond acceptors (Lipinski definition) is 0. The van der Waals surface area contributed by atoms with Crippen molar-refractivity contribution in [2.24, 2.45) is 0 Å². The first kappa shape index (κ1) is 6.00. The molecule has 0 unspecified atom stereocenters. The molecule has 0 heterocycles. The summed E-state index contributed by atoms with van der Waals surface area (Å²) in [5.74, 6) is 0. The standard InChI is InChI=1S/C5H5.Mn/c1-2-4-5-3-1;/h1-3H,4H2;/q-1;+2. The maximum absolute atomic E-state index is 2.99. The van der Waals surface area contributed by atoms with Crippen molar-refractivity contribution in [3.8, 4) is 0 Å². The third kappa shape index (κ3) is 1.44. The summed E-state index contributed by atoms with van der Waals surface area (Å²) in [5.41, 5.74) is 0.